The first-order valence-electron chi connectivity index (χ1n) is 9.44. The smallest absolute Gasteiger partial charge is 0.248 e. The van der Waals surface area contributed by atoms with Crippen LogP contribution in [0.1, 0.15) is 24.0 Å². The van der Waals surface area contributed by atoms with Crippen LogP contribution in [-0.2, 0) is 20.8 Å². The zero-order chi connectivity index (χ0) is 19.4. The maximum atomic E-state index is 12.6. The lowest BCUT2D eigenvalue weighted by molar-refractivity contribution is -0.137. The third-order valence-electron chi connectivity index (χ3n) is 4.96. The van der Waals surface area contributed by atoms with Crippen LogP contribution >= 0.6 is 0 Å². The van der Waals surface area contributed by atoms with Crippen LogP contribution in [0.25, 0.3) is 10.9 Å². The van der Waals surface area contributed by atoms with Crippen molar-refractivity contribution in [2.24, 2.45) is 0 Å². The highest BCUT2D eigenvalue weighted by Crippen LogP contribution is 2.26. The third kappa shape index (κ3) is 4.57. The third-order valence-corrected chi connectivity index (χ3v) is 4.96. The summed E-state index contributed by atoms with van der Waals surface area (Å²) in [7, 11) is 5.52. The summed E-state index contributed by atoms with van der Waals surface area (Å²) in [4.78, 5) is 21.4. The van der Waals surface area contributed by atoms with Crippen LogP contribution in [0, 0.1) is 6.92 Å². The molecule has 0 spiro atoms. The average molecular weight is 371 g/mol. The summed E-state index contributed by atoms with van der Waals surface area (Å²) in [5.41, 5.74) is 3.17. The second kappa shape index (κ2) is 8.67. The van der Waals surface area contributed by atoms with Crippen LogP contribution < -0.4 is 4.90 Å². The Labute approximate surface area is 161 Å². The van der Waals surface area contributed by atoms with Crippen LogP contribution in [-0.4, -0.2) is 62.9 Å². The Hall–Kier alpha value is -2.18. The molecule has 1 amide bonds. The van der Waals surface area contributed by atoms with Crippen molar-refractivity contribution in [2.45, 2.75) is 32.4 Å². The van der Waals surface area contributed by atoms with E-state index in [2.05, 4.69) is 25.1 Å². The van der Waals surface area contributed by atoms with E-state index in [0.717, 1.165) is 47.3 Å². The van der Waals surface area contributed by atoms with Gasteiger partial charge in [-0.2, -0.15) is 0 Å². The minimum Gasteiger partial charge on any atom is -0.376 e. The zero-order valence-electron chi connectivity index (χ0n) is 16.7. The molecular weight excluding hydrogens is 342 g/mol. The molecule has 2 aromatic rings. The molecule has 1 saturated heterocycles. The number of ether oxygens (including phenoxy) is 2. The summed E-state index contributed by atoms with van der Waals surface area (Å²) in [6.07, 6.45) is 2.15. The summed E-state index contributed by atoms with van der Waals surface area (Å²) in [6, 6.07) is 8.33. The second-order valence-corrected chi connectivity index (χ2v) is 7.35. The molecule has 3 rings (SSSR count). The van der Waals surface area contributed by atoms with Crippen LogP contribution in [0.15, 0.2) is 24.3 Å². The van der Waals surface area contributed by atoms with Gasteiger partial charge in [0.25, 0.3) is 0 Å². The number of amides is 1. The van der Waals surface area contributed by atoms with E-state index in [1.807, 2.05) is 30.0 Å². The molecular formula is C21H29N3O3. The molecule has 6 nitrogen and oxygen atoms in total. The molecule has 146 valence electrons. The van der Waals surface area contributed by atoms with E-state index in [9.17, 15) is 4.79 Å². The van der Waals surface area contributed by atoms with Crippen molar-refractivity contribution in [2.75, 3.05) is 45.9 Å². The van der Waals surface area contributed by atoms with Crippen molar-refractivity contribution in [3.8, 4) is 0 Å². The number of methoxy groups -OCH3 is 1. The van der Waals surface area contributed by atoms with Gasteiger partial charge in [0.15, 0.2) is 0 Å². The lowest BCUT2D eigenvalue weighted by Crippen LogP contribution is -2.39. The van der Waals surface area contributed by atoms with E-state index >= 15 is 0 Å². The first kappa shape index (κ1) is 19.6. The summed E-state index contributed by atoms with van der Waals surface area (Å²) >= 11 is 0. The number of hydrogen-bond acceptors (Lipinski definition) is 5. The van der Waals surface area contributed by atoms with Crippen molar-refractivity contribution < 1.29 is 14.3 Å². The number of fused-ring (bicyclic) bond motifs is 1. The van der Waals surface area contributed by atoms with Gasteiger partial charge >= 0.3 is 0 Å². The number of benzene rings is 1. The van der Waals surface area contributed by atoms with E-state index in [0.29, 0.717) is 13.1 Å². The molecule has 2 heterocycles. The van der Waals surface area contributed by atoms with Gasteiger partial charge in [-0.1, -0.05) is 18.2 Å². The monoisotopic (exact) mass is 371 g/mol. The first-order valence-corrected chi connectivity index (χ1v) is 9.44. The molecule has 6 heteroatoms. The maximum absolute atomic E-state index is 12.6. The molecule has 1 aliphatic heterocycles. The lowest BCUT2D eigenvalue weighted by atomic mass is 10.1. The molecule has 1 fully saturated rings. The number of anilines is 1. The minimum atomic E-state index is -0.0259. The van der Waals surface area contributed by atoms with Crippen molar-refractivity contribution in [1.29, 1.82) is 0 Å². The quantitative estimate of drug-likeness (QED) is 0.749. The highest BCUT2D eigenvalue weighted by atomic mass is 16.5. The number of nitrogens with zero attached hydrogens (tertiary/aromatic N) is 3. The molecule has 0 unspecified atom stereocenters. The number of aromatic nitrogens is 1. The Morgan fingerprint density at radius 3 is 2.85 bits per heavy atom. The predicted octanol–water partition coefficient (Wildman–Crippen LogP) is 2.76. The van der Waals surface area contributed by atoms with Gasteiger partial charge in [-0.3, -0.25) is 4.79 Å². The number of pyridine rings is 1. The lowest BCUT2D eigenvalue weighted by Gasteiger charge is -2.27. The SMILES string of the molecule is COCC(=O)N(Cc1cc2cccc(C)c2nc1N(C)C)C[C@H]1CCCO1. The van der Waals surface area contributed by atoms with E-state index in [1.165, 1.54) is 0 Å². The number of aryl methyl sites for hydroxylation is 1. The normalized spacial score (nSPS) is 16.7. The molecule has 0 radical (unpaired) electrons. The molecule has 0 N–H and O–H groups in total. The van der Waals surface area contributed by atoms with Gasteiger partial charge in [0.05, 0.1) is 11.6 Å². The number of rotatable bonds is 7. The zero-order valence-corrected chi connectivity index (χ0v) is 16.7. The van der Waals surface area contributed by atoms with Crippen LogP contribution in [0.5, 0.6) is 0 Å². The van der Waals surface area contributed by atoms with Gasteiger partial charge in [0, 0.05) is 51.9 Å². The van der Waals surface area contributed by atoms with Crippen molar-refractivity contribution in [3.05, 3.63) is 35.4 Å². The number of hydrogen-bond donors (Lipinski definition) is 0. The molecule has 1 aromatic carbocycles. The van der Waals surface area contributed by atoms with Crippen molar-refractivity contribution >= 4 is 22.6 Å². The van der Waals surface area contributed by atoms with E-state index < -0.39 is 0 Å². The van der Waals surface area contributed by atoms with Gasteiger partial charge in [0.1, 0.15) is 12.4 Å². The fourth-order valence-corrected chi connectivity index (χ4v) is 3.59. The average Bonchev–Trinajstić information content (AvgIpc) is 3.14. The second-order valence-electron chi connectivity index (χ2n) is 7.35. The fraction of sp³-hybridized carbons (Fsp3) is 0.524. The van der Waals surface area contributed by atoms with Crippen LogP contribution in [0.4, 0.5) is 5.82 Å². The minimum absolute atomic E-state index is 0.0259. The molecule has 1 aromatic heterocycles. The topological polar surface area (TPSA) is 54.9 Å². The van der Waals surface area contributed by atoms with E-state index in [1.54, 1.807) is 7.11 Å². The Bertz CT molecular complexity index is 801. The van der Waals surface area contributed by atoms with Crippen molar-refractivity contribution in [3.63, 3.8) is 0 Å². The van der Waals surface area contributed by atoms with E-state index in [4.69, 9.17) is 14.5 Å². The Morgan fingerprint density at radius 1 is 1.37 bits per heavy atom. The molecule has 27 heavy (non-hydrogen) atoms. The molecule has 0 bridgehead atoms. The summed E-state index contributed by atoms with van der Waals surface area (Å²) in [6.45, 7) is 3.99. The van der Waals surface area contributed by atoms with Gasteiger partial charge in [0.2, 0.25) is 5.91 Å². The molecule has 1 aliphatic rings. The Morgan fingerprint density at radius 2 is 2.19 bits per heavy atom. The standard InChI is InChI=1S/C21H29N3O3/c1-15-7-5-8-16-11-17(21(23(2)3)22-20(15)16)12-24(19(25)14-26-4)13-18-9-6-10-27-18/h5,7-8,11,18H,6,9-10,12-14H2,1-4H3/t18-/m1/s1. The molecule has 0 saturated carbocycles. The molecule has 0 aliphatic carbocycles. The Balaban J connectivity index is 1.94. The van der Waals surface area contributed by atoms with Crippen LogP contribution in [0.3, 0.4) is 0 Å². The highest BCUT2D eigenvalue weighted by Gasteiger charge is 2.24. The number of carbonyl (C=O) groups is 1. The van der Waals surface area contributed by atoms with Gasteiger partial charge in [-0.25, -0.2) is 4.98 Å². The number of carbonyl (C=O) groups excluding carboxylic acids is 1. The van der Waals surface area contributed by atoms with Crippen molar-refractivity contribution in [1.82, 2.24) is 9.88 Å². The summed E-state index contributed by atoms with van der Waals surface area (Å²) in [5, 5.41) is 1.09. The van der Waals surface area contributed by atoms with Crippen LogP contribution in [0.2, 0.25) is 0 Å². The molecule has 1 atom stereocenters. The maximum Gasteiger partial charge on any atom is 0.248 e. The summed E-state index contributed by atoms with van der Waals surface area (Å²) < 4.78 is 10.8. The predicted molar refractivity (Wildman–Crippen MR) is 107 cm³/mol. The Kier molecular flexibility index (Phi) is 6.29. The highest BCUT2D eigenvalue weighted by molar-refractivity contribution is 5.85. The van der Waals surface area contributed by atoms with E-state index in [-0.39, 0.29) is 18.6 Å². The number of para-hydroxylation sites is 1. The van der Waals surface area contributed by atoms with Gasteiger partial charge in [-0.15, -0.1) is 0 Å². The summed E-state index contributed by atoms with van der Waals surface area (Å²) in [5.74, 6) is 0.862. The largest absolute Gasteiger partial charge is 0.376 e. The fourth-order valence-electron chi connectivity index (χ4n) is 3.59. The van der Waals surface area contributed by atoms with Gasteiger partial charge < -0.3 is 19.3 Å². The first-order chi connectivity index (χ1) is 13.0. The van der Waals surface area contributed by atoms with Gasteiger partial charge in [-0.05, 0) is 31.4 Å².